The zero-order valence-electron chi connectivity index (χ0n) is 19.8. The Hall–Kier alpha value is -4.20. The van der Waals surface area contributed by atoms with Crippen molar-refractivity contribution < 1.29 is 46.1 Å². The highest BCUT2D eigenvalue weighted by molar-refractivity contribution is 6.06. The van der Waals surface area contributed by atoms with Crippen molar-refractivity contribution in [3.05, 3.63) is 65.0 Å². The molecular formula is C24H19F5N4O5. The summed E-state index contributed by atoms with van der Waals surface area (Å²) in [4.78, 5) is 27.3. The van der Waals surface area contributed by atoms with Gasteiger partial charge < -0.3 is 19.5 Å². The van der Waals surface area contributed by atoms with Crippen LogP contribution in [0.3, 0.4) is 0 Å². The Morgan fingerprint density at radius 3 is 2.53 bits per heavy atom. The molecule has 2 aliphatic heterocycles. The summed E-state index contributed by atoms with van der Waals surface area (Å²) in [7, 11) is 2.81. The number of alkyl halides is 5. The first-order valence-corrected chi connectivity index (χ1v) is 11.1. The number of fused-ring (bicyclic) bond motifs is 2. The van der Waals surface area contributed by atoms with Crippen molar-refractivity contribution in [3.8, 4) is 17.2 Å². The van der Waals surface area contributed by atoms with E-state index in [1.165, 1.54) is 61.5 Å². The second-order valence-electron chi connectivity index (χ2n) is 8.87. The third kappa shape index (κ3) is 4.40. The molecule has 1 amide bonds. The summed E-state index contributed by atoms with van der Waals surface area (Å²) < 4.78 is 77.9. The highest BCUT2D eigenvalue weighted by atomic mass is 19.4. The zero-order valence-corrected chi connectivity index (χ0v) is 19.8. The Balaban J connectivity index is 1.50. The highest BCUT2D eigenvalue weighted by Gasteiger charge is 2.44. The van der Waals surface area contributed by atoms with Crippen molar-refractivity contribution in [1.29, 1.82) is 0 Å². The van der Waals surface area contributed by atoms with Gasteiger partial charge in [-0.1, -0.05) is 6.07 Å². The average Bonchev–Trinajstić information content (AvgIpc) is 3.37. The maximum Gasteiger partial charge on any atom is 0.586 e. The number of ether oxygens (including phenoxy) is 2. The quantitative estimate of drug-likeness (QED) is 0.503. The Bertz CT molecular complexity index is 1450. The Kier molecular flexibility index (Phi) is 5.82. The third-order valence-electron chi connectivity index (χ3n) is 6.38. The lowest BCUT2D eigenvalue weighted by Gasteiger charge is -2.30. The van der Waals surface area contributed by atoms with Crippen LogP contribution >= 0.6 is 0 Å². The van der Waals surface area contributed by atoms with E-state index in [1.54, 1.807) is 0 Å². The number of aliphatic carboxylic acids is 1. The van der Waals surface area contributed by atoms with E-state index in [1.807, 2.05) is 0 Å². The van der Waals surface area contributed by atoms with Gasteiger partial charge in [-0.25, -0.2) is 4.68 Å². The van der Waals surface area contributed by atoms with Crippen LogP contribution in [0.5, 0.6) is 11.5 Å². The molecule has 1 atom stereocenters. The van der Waals surface area contributed by atoms with E-state index in [0.717, 1.165) is 9.58 Å². The van der Waals surface area contributed by atoms with Crippen LogP contribution in [0.2, 0.25) is 0 Å². The fourth-order valence-electron chi connectivity index (χ4n) is 4.50. The molecule has 5 rings (SSSR count). The fraction of sp³-hybridized carbons (Fsp3) is 0.292. The van der Waals surface area contributed by atoms with E-state index in [-0.39, 0.29) is 52.7 Å². The molecule has 2 aliphatic rings. The number of carboxylic acids is 1. The Morgan fingerprint density at radius 1 is 1.13 bits per heavy atom. The summed E-state index contributed by atoms with van der Waals surface area (Å²) in [6.07, 6.45) is -8.84. The average molecular weight is 538 g/mol. The monoisotopic (exact) mass is 538 g/mol. The molecule has 38 heavy (non-hydrogen) atoms. The van der Waals surface area contributed by atoms with Gasteiger partial charge in [-0.15, -0.1) is 8.78 Å². The summed E-state index contributed by atoms with van der Waals surface area (Å²) in [5, 5.41) is 13.3. The number of benzene rings is 2. The predicted molar refractivity (Wildman–Crippen MR) is 121 cm³/mol. The molecule has 0 bridgehead atoms. The number of anilines is 1. The largest absolute Gasteiger partial charge is 0.586 e. The molecule has 1 unspecified atom stereocenters. The molecule has 1 aromatic heterocycles. The van der Waals surface area contributed by atoms with Crippen LogP contribution in [0.1, 0.15) is 27.3 Å². The number of likely N-dealkylation sites (N-methyl/N-ethyl adjacent to an activating group) is 1. The molecular weight excluding hydrogens is 519 g/mol. The first-order valence-electron chi connectivity index (χ1n) is 11.1. The standard InChI is InChI=1S/C24H19F5N4O5/c1-31-11-15-16(10-17(31)22(35)36)33(30-20(15)23(25,26)27)14-5-3-4-12(8-14)21(34)32(2)13-6-7-18-19(9-13)38-24(28,29)37-18/h3-9,17H,10-11H2,1-2H3,(H,35,36). The molecule has 0 spiro atoms. The minimum absolute atomic E-state index is 0.0634. The van der Waals surface area contributed by atoms with Crippen molar-refractivity contribution in [3.63, 3.8) is 0 Å². The lowest BCUT2D eigenvalue weighted by atomic mass is 9.98. The number of hydrogen-bond acceptors (Lipinski definition) is 6. The minimum atomic E-state index is -4.78. The second-order valence-corrected chi connectivity index (χ2v) is 8.87. The van der Waals surface area contributed by atoms with Crippen molar-refractivity contribution in [2.24, 2.45) is 0 Å². The van der Waals surface area contributed by atoms with Gasteiger partial charge in [0.25, 0.3) is 5.91 Å². The minimum Gasteiger partial charge on any atom is -0.480 e. The smallest absolute Gasteiger partial charge is 0.480 e. The van der Waals surface area contributed by atoms with Crippen LogP contribution in [0.4, 0.5) is 27.6 Å². The van der Waals surface area contributed by atoms with Gasteiger partial charge >= 0.3 is 18.4 Å². The summed E-state index contributed by atoms with van der Waals surface area (Å²) in [6, 6.07) is 8.36. The van der Waals surface area contributed by atoms with E-state index in [4.69, 9.17) is 0 Å². The SMILES string of the molecule is CN(C(=O)c1cccc(-n2nc(C(F)(F)F)c3c2CC(C(=O)O)N(C)C3)c1)c1ccc2c(c1)OC(F)(F)O2. The van der Waals surface area contributed by atoms with E-state index in [0.29, 0.717) is 0 Å². The first-order chi connectivity index (χ1) is 17.7. The molecule has 0 saturated heterocycles. The van der Waals surface area contributed by atoms with Gasteiger partial charge in [-0.3, -0.25) is 14.5 Å². The number of carbonyl (C=O) groups excluding carboxylic acids is 1. The normalized spacial score (nSPS) is 18.2. The van der Waals surface area contributed by atoms with Crippen LogP contribution < -0.4 is 14.4 Å². The van der Waals surface area contributed by atoms with Gasteiger partial charge in [-0.2, -0.15) is 18.3 Å². The van der Waals surface area contributed by atoms with E-state index in [2.05, 4.69) is 14.6 Å². The number of carbonyl (C=O) groups is 2. The number of carboxylic acid groups (broad SMARTS) is 1. The predicted octanol–water partition coefficient (Wildman–Crippen LogP) is 3.93. The van der Waals surface area contributed by atoms with Crippen LogP contribution in [-0.4, -0.2) is 58.1 Å². The van der Waals surface area contributed by atoms with Gasteiger partial charge in [0.15, 0.2) is 17.2 Å². The number of rotatable bonds is 4. The highest BCUT2D eigenvalue weighted by Crippen LogP contribution is 2.43. The number of aromatic nitrogens is 2. The first kappa shape index (κ1) is 25.4. The molecule has 200 valence electrons. The number of nitrogens with zero attached hydrogens (tertiary/aromatic N) is 4. The molecule has 3 heterocycles. The molecule has 0 saturated carbocycles. The van der Waals surface area contributed by atoms with E-state index in [9.17, 15) is 36.6 Å². The number of amides is 1. The van der Waals surface area contributed by atoms with Gasteiger partial charge in [0, 0.05) is 42.9 Å². The molecule has 0 aliphatic carbocycles. The summed E-state index contributed by atoms with van der Waals surface area (Å²) in [6.45, 7) is -0.272. The van der Waals surface area contributed by atoms with Crippen LogP contribution in [-0.2, 0) is 23.9 Å². The molecule has 3 aromatic rings. The fourth-order valence-corrected chi connectivity index (χ4v) is 4.50. The maximum atomic E-state index is 13.8. The van der Waals surface area contributed by atoms with Crippen molar-refractivity contribution in [2.45, 2.75) is 31.5 Å². The van der Waals surface area contributed by atoms with Crippen molar-refractivity contribution in [2.75, 3.05) is 19.0 Å². The van der Waals surface area contributed by atoms with E-state index >= 15 is 0 Å². The van der Waals surface area contributed by atoms with Gasteiger partial charge in [0.1, 0.15) is 6.04 Å². The molecule has 14 heteroatoms. The summed E-state index contributed by atoms with van der Waals surface area (Å²) >= 11 is 0. The number of halogens is 5. The third-order valence-corrected chi connectivity index (χ3v) is 6.38. The topological polar surface area (TPSA) is 97.1 Å². The van der Waals surface area contributed by atoms with Crippen LogP contribution in [0, 0.1) is 0 Å². The van der Waals surface area contributed by atoms with Crippen molar-refractivity contribution >= 4 is 17.6 Å². The Morgan fingerprint density at radius 2 is 1.84 bits per heavy atom. The van der Waals surface area contributed by atoms with E-state index < -0.39 is 36.1 Å². The Labute approximate surface area is 211 Å². The maximum absolute atomic E-state index is 13.8. The molecule has 1 N–H and O–H groups in total. The molecule has 0 fully saturated rings. The zero-order chi connectivity index (χ0) is 27.6. The molecule has 0 radical (unpaired) electrons. The van der Waals surface area contributed by atoms with Gasteiger partial charge in [0.2, 0.25) is 0 Å². The summed E-state index contributed by atoms with van der Waals surface area (Å²) in [5.74, 6) is -2.25. The number of hydrogen-bond donors (Lipinski definition) is 1. The van der Waals surface area contributed by atoms with Gasteiger partial charge in [0.05, 0.1) is 11.4 Å². The summed E-state index contributed by atoms with van der Waals surface area (Å²) in [5.41, 5.74) is -0.803. The lowest BCUT2D eigenvalue weighted by molar-refractivity contribution is -0.286. The molecule has 2 aromatic carbocycles. The lowest BCUT2D eigenvalue weighted by Crippen LogP contribution is -2.43. The van der Waals surface area contributed by atoms with Crippen molar-refractivity contribution in [1.82, 2.24) is 14.7 Å². The van der Waals surface area contributed by atoms with Crippen LogP contribution in [0.25, 0.3) is 5.69 Å². The molecule has 9 nitrogen and oxygen atoms in total. The van der Waals surface area contributed by atoms with Gasteiger partial charge in [-0.05, 0) is 37.4 Å². The van der Waals surface area contributed by atoms with Crippen LogP contribution in [0.15, 0.2) is 42.5 Å². The second kappa shape index (κ2) is 8.68.